The van der Waals surface area contributed by atoms with E-state index in [-0.39, 0.29) is 11.4 Å². The van der Waals surface area contributed by atoms with E-state index in [1.54, 1.807) is 13.2 Å². The van der Waals surface area contributed by atoms with Gasteiger partial charge in [-0.25, -0.2) is 0 Å². The van der Waals surface area contributed by atoms with Crippen LogP contribution in [0.25, 0.3) is 0 Å². The number of nitrogens with one attached hydrogen (secondary N) is 1. The number of nitro groups is 1. The number of hydrogen-bond acceptors (Lipinski definition) is 6. The molecule has 1 amide bonds. The maximum absolute atomic E-state index is 12.0. The van der Waals surface area contributed by atoms with Gasteiger partial charge in [-0.2, -0.15) is 5.10 Å². The van der Waals surface area contributed by atoms with Crippen LogP contribution in [-0.4, -0.2) is 25.7 Å². The van der Waals surface area contributed by atoms with Crippen molar-refractivity contribution in [3.05, 3.63) is 46.3 Å². The lowest BCUT2D eigenvalue weighted by Gasteiger charge is -2.11. The van der Waals surface area contributed by atoms with Crippen LogP contribution in [0.5, 0.6) is 5.75 Å². The molecule has 0 spiro atoms. The number of amides is 1. The van der Waals surface area contributed by atoms with Crippen LogP contribution in [0, 0.1) is 10.1 Å². The largest absolute Gasteiger partial charge is 0.506 e. The van der Waals surface area contributed by atoms with Gasteiger partial charge in [-0.05, 0) is 6.07 Å². The number of phenolic OH excluding ortho intramolecular Hbond substituents is 1. The molecule has 1 atom stereocenters. The van der Waals surface area contributed by atoms with Gasteiger partial charge in [-0.1, -0.05) is 0 Å². The Hall–Kier alpha value is -2.94. The van der Waals surface area contributed by atoms with Gasteiger partial charge in [0.25, 0.3) is 5.69 Å². The van der Waals surface area contributed by atoms with Crippen LogP contribution in [-0.2, 0) is 11.8 Å². The van der Waals surface area contributed by atoms with E-state index in [4.69, 9.17) is 5.73 Å². The van der Waals surface area contributed by atoms with Crippen LogP contribution in [0.1, 0.15) is 11.6 Å². The molecule has 1 aromatic carbocycles. The summed E-state index contributed by atoms with van der Waals surface area (Å²) in [5.74, 6) is -0.969. The van der Waals surface area contributed by atoms with Crippen molar-refractivity contribution in [3.63, 3.8) is 0 Å². The Morgan fingerprint density at radius 1 is 1.57 bits per heavy atom. The molecule has 0 saturated heterocycles. The fourth-order valence-corrected chi connectivity index (χ4v) is 1.70. The van der Waals surface area contributed by atoms with Crippen molar-refractivity contribution < 1.29 is 14.8 Å². The first-order valence-corrected chi connectivity index (χ1v) is 5.91. The lowest BCUT2D eigenvalue weighted by molar-refractivity contribution is -0.384. The molecule has 9 nitrogen and oxygen atoms in total. The maximum Gasteiger partial charge on any atom is 0.273 e. The Morgan fingerprint density at radius 2 is 2.29 bits per heavy atom. The highest BCUT2D eigenvalue weighted by atomic mass is 16.6. The molecule has 1 aromatic heterocycles. The number of phenols is 1. The molecule has 0 fully saturated rings. The average Bonchev–Trinajstić information content (AvgIpc) is 2.86. The van der Waals surface area contributed by atoms with Gasteiger partial charge < -0.3 is 16.2 Å². The number of aromatic nitrogens is 2. The standard InChI is InChI=1S/C12H13N5O4/c1-16-6-7(5-14-16)11(13)12(19)15-9-3-2-8(17(20)21)4-10(9)18/h2-6,11,18H,13H2,1H3,(H,15,19). The molecule has 1 heterocycles. The summed E-state index contributed by atoms with van der Waals surface area (Å²) in [6, 6.07) is 2.39. The van der Waals surface area contributed by atoms with E-state index >= 15 is 0 Å². The number of nitrogens with zero attached hydrogens (tertiary/aromatic N) is 3. The average molecular weight is 291 g/mol. The molecule has 21 heavy (non-hydrogen) atoms. The van der Waals surface area contributed by atoms with Crippen LogP contribution < -0.4 is 11.1 Å². The van der Waals surface area contributed by atoms with E-state index in [0.29, 0.717) is 5.56 Å². The summed E-state index contributed by atoms with van der Waals surface area (Å²) in [5.41, 5.74) is 6.05. The van der Waals surface area contributed by atoms with Gasteiger partial charge in [-0.15, -0.1) is 0 Å². The molecule has 0 radical (unpaired) electrons. The Labute approximate surface area is 119 Å². The number of aryl methyl sites for hydroxylation is 1. The predicted molar refractivity (Wildman–Crippen MR) is 73.5 cm³/mol. The van der Waals surface area contributed by atoms with E-state index in [1.165, 1.54) is 23.0 Å². The number of non-ortho nitro benzene ring substituents is 1. The van der Waals surface area contributed by atoms with Gasteiger partial charge in [0.05, 0.1) is 22.9 Å². The van der Waals surface area contributed by atoms with E-state index in [9.17, 15) is 20.0 Å². The normalized spacial score (nSPS) is 11.9. The SMILES string of the molecule is Cn1cc(C(N)C(=O)Nc2ccc([N+](=O)[O-])cc2O)cn1. The molecule has 0 bridgehead atoms. The summed E-state index contributed by atoms with van der Waals surface area (Å²) >= 11 is 0. The van der Waals surface area contributed by atoms with E-state index < -0.39 is 22.6 Å². The summed E-state index contributed by atoms with van der Waals surface area (Å²) in [6.07, 6.45) is 3.06. The van der Waals surface area contributed by atoms with Crippen LogP contribution in [0.2, 0.25) is 0 Å². The number of aromatic hydroxyl groups is 1. The van der Waals surface area contributed by atoms with Crippen LogP contribution in [0.4, 0.5) is 11.4 Å². The van der Waals surface area contributed by atoms with Crippen molar-refractivity contribution in [2.24, 2.45) is 12.8 Å². The highest BCUT2D eigenvalue weighted by molar-refractivity contribution is 5.96. The molecule has 2 rings (SSSR count). The second-order valence-electron chi connectivity index (χ2n) is 4.37. The zero-order valence-corrected chi connectivity index (χ0v) is 11.1. The Kier molecular flexibility index (Phi) is 3.85. The minimum absolute atomic E-state index is 0.0462. The molecular weight excluding hydrogens is 278 g/mol. The van der Waals surface area contributed by atoms with Crippen LogP contribution >= 0.6 is 0 Å². The number of nitro benzene ring substituents is 1. The third-order valence-electron chi connectivity index (χ3n) is 2.82. The van der Waals surface area contributed by atoms with Crippen molar-refractivity contribution in [3.8, 4) is 5.75 Å². The number of nitrogens with two attached hydrogens (primary N) is 1. The molecular formula is C12H13N5O4. The summed E-state index contributed by atoms with van der Waals surface area (Å²) in [7, 11) is 1.69. The van der Waals surface area contributed by atoms with E-state index in [0.717, 1.165) is 6.07 Å². The van der Waals surface area contributed by atoms with Crippen molar-refractivity contribution in [2.45, 2.75) is 6.04 Å². The second-order valence-corrected chi connectivity index (χ2v) is 4.37. The smallest absolute Gasteiger partial charge is 0.273 e. The Bertz CT molecular complexity index is 697. The molecule has 4 N–H and O–H groups in total. The molecule has 0 aliphatic carbocycles. The Balaban J connectivity index is 2.14. The van der Waals surface area contributed by atoms with Gasteiger partial charge in [0.1, 0.15) is 11.8 Å². The summed E-state index contributed by atoms with van der Waals surface area (Å²) in [5, 5.41) is 26.5. The van der Waals surface area contributed by atoms with E-state index in [2.05, 4.69) is 10.4 Å². The van der Waals surface area contributed by atoms with Crippen molar-refractivity contribution in [1.82, 2.24) is 9.78 Å². The maximum atomic E-state index is 12.0. The molecule has 2 aromatic rings. The highest BCUT2D eigenvalue weighted by Crippen LogP contribution is 2.28. The molecule has 0 aliphatic rings. The highest BCUT2D eigenvalue weighted by Gasteiger charge is 2.19. The van der Waals surface area contributed by atoms with Crippen molar-refractivity contribution in [2.75, 3.05) is 5.32 Å². The third kappa shape index (κ3) is 3.15. The summed E-state index contributed by atoms with van der Waals surface area (Å²) in [4.78, 5) is 21.9. The second kappa shape index (κ2) is 5.59. The number of carbonyl (C=O) groups is 1. The van der Waals surface area contributed by atoms with Crippen LogP contribution in [0.3, 0.4) is 0 Å². The molecule has 110 valence electrons. The molecule has 0 aliphatic heterocycles. The zero-order valence-electron chi connectivity index (χ0n) is 11.1. The van der Waals surface area contributed by atoms with Gasteiger partial charge in [-0.3, -0.25) is 19.6 Å². The number of carbonyl (C=O) groups excluding carboxylic acids is 1. The first-order valence-electron chi connectivity index (χ1n) is 5.91. The van der Waals surface area contributed by atoms with Crippen molar-refractivity contribution in [1.29, 1.82) is 0 Å². The quantitative estimate of drug-likeness (QED) is 0.430. The minimum atomic E-state index is -0.965. The number of anilines is 1. The minimum Gasteiger partial charge on any atom is -0.506 e. The first-order chi connectivity index (χ1) is 9.88. The predicted octanol–water partition coefficient (Wildman–Crippen LogP) is 0.672. The van der Waals surface area contributed by atoms with E-state index in [1.807, 2.05) is 0 Å². The number of benzene rings is 1. The monoisotopic (exact) mass is 291 g/mol. The number of rotatable bonds is 4. The van der Waals surface area contributed by atoms with Crippen LogP contribution in [0.15, 0.2) is 30.6 Å². The first kappa shape index (κ1) is 14.5. The third-order valence-corrected chi connectivity index (χ3v) is 2.82. The number of hydrogen-bond donors (Lipinski definition) is 3. The van der Waals surface area contributed by atoms with Gasteiger partial charge >= 0.3 is 0 Å². The fraction of sp³-hybridized carbons (Fsp3) is 0.167. The van der Waals surface area contributed by atoms with Gasteiger partial charge in [0.15, 0.2) is 0 Å². The summed E-state index contributed by atoms with van der Waals surface area (Å²) in [6.45, 7) is 0. The lowest BCUT2D eigenvalue weighted by atomic mass is 10.1. The van der Waals surface area contributed by atoms with Gasteiger partial charge in [0.2, 0.25) is 5.91 Å². The Morgan fingerprint density at radius 3 is 2.81 bits per heavy atom. The zero-order chi connectivity index (χ0) is 15.6. The van der Waals surface area contributed by atoms with Gasteiger partial charge in [0, 0.05) is 24.9 Å². The molecule has 0 saturated carbocycles. The molecule has 1 unspecified atom stereocenters. The van der Waals surface area contributed by atoms with Crippen molar-refractivity contribution >= 4 is 17.3 Å². The molecule has 9 heteroatoms. The topological polar surface area (TPSA) is 136 Å². The summed E-state index contributed by atoms with van der Waals surface area (Å²) < 4.78 is 1.51. The lowest BCUT2D eigenvalue weighted by Crippen LogP contribution is -2.27. The fourth-order valence-electron chi connectivity index (χ4n) is 1.70.